The highest BCUT2D eigenvalue weighted by atomic mass is 79.9. The van der Waals surface area contributed by atoms with Crippen LogP contribution in [0.1, 0.15) is 11.1 Å². The molecule has 0 aliphatic carbocycles. The van der Waals surface area contributed by atoms with Crippen LogP contribution in [0.3, 0.4) is 0 Å². The molecule has 3 aromatic rings. The summed E-state index contributed by atoms with van der Waals surface area (Å²) in [6, 6.07) is 8.74. The van der Waals surface area contributed by atoms with Gasteiger partial charge in [-0.1, -0.05) is 24.3 Å². The first kappa shape index (κ1) is 20.0. The molecule has 0 spiro atoms. The fraction of sp³-hybridized carbons (Fsp3) is 0.111. The van der Waals surface area contributed by atoms with E-state index in [0.717, 1.165) is 24.3 Å². The van der Waals surface area contributed by atoms with E-state index >= 15 is 0 Å². The summed E-state index contributed by atoms with van der Waals surface area (Å²) in [5, 5.41) is 0. The minimum atomic E-state index is -4.45. The smallest absolute Gasteiger partial charge is 0.416 e. The van der Waals surface area contributed by atoms with Crippen LogP contribution in [-0.2, 0) is 12.4 Å². The standard InChI is InChI=1S/C18H8Br2F6O/c19-13-14(20)16(10-3-7-12(8-4-10)18(24,25)26)27-15(13)9-1-5-11(6-2-9)17(21,22)23/h1-8H. The Kier molecular flexibility index (Phi) is 5.20. The topological polar surface area (TPSA) is 13.1 Å². The van der Waals surface area contributed by atoms with Gasteiger partial charge in [-0.25, -0.2) is 0 Å². The Balaban J connectivity index is 1.99. The van der Waals surface area contributed by atoms with Crippen LogP contribution in [0.15, 0.2) is 61.9 Å². The van der Waals surface area contributed by atoms with Crippen LogP contribution in [0.4, 0.5) is 26.3 Å². The van der Waals surface area contributed by atoms with E-state index in [1.54, 1.807) is 0 Å². The third-order valence-electron chi connectivity index (χ3n) is 3.74. The van der Waals surface area contributed by atoms with Gasteiger partial charge in [0.2, 0.25) is 0 Å². The summed E-state index contributed by atoms with van der Waals surface area (Å²) in [5.74, 6) is 0.510. The van der Waals surface area contributed by atoms with Gasteiger partial charge >= 0.3 is 12.4 Å². The molecule has 0 saturated carbocycles. The Labute approximate surface area is 166 Å². The van der Waals surface area contributed by atoms with Gasteiger partial charge in [0.25, 0.3) is 0 Å². The van der Waals surface area contributed by atoms with Crippen molar-refractivity contribution in [1.29, 1.82) is 0 Å². The first-order chi connectivity index (χ1) is 12.5. The van der Waals surface area contributed by atoms with Crippen molar-refractivity contribution < 1.29 is 30.8 Å². The first-order valence-electron chi connectivity index (χ1n) is 7.31. The summed E-state index contributed by atoms with van der Waals surface area (Å²) in [7, 11) is 0. The van der Waals surface area contributed by atoms with E-state index < -0.39 is 23.5 Å². The average Bonchev–Trinajstić information content (AvgIpc) is 2.89. The lowest BCUT2D eigenvalue weighted by molar-refractivity contribution is -0.138. The monoisotopic (exact) mass is 512 g/mol. The van der Waals surface area contributed by atoms with Crippen LogP contribution in [-0.4, -0.2) is 0 Å². The molecular formula is C18H8Br2F6O. The summed E-state index contributed by atoms with van der Waals surface area (Å²) in [6.07, 6.45) is -8.91. The van der Waals surface area contributed by atoms with Crippen LogP contribution in [0.2, 0.25) is 0 Å². The molecule has 27 heavy (non-hydrogen) atoms. The van der Waals surface area contributed by atoms with Crippen molar-refractivity contribution in [2.45, 2.75) is 12.4 Å². The Morgan fingerprint density at radius 2 is 0.852 bits per heavy atom. The van der Waals surface area contributed by atoms with Crippen LogP contribution in [0, 0.1) is 0 Å². The molecule has 1 heterocycles. The van der Waals surface area contributed by atoms with Crippen LogP contribution in [0.25, 0.3) is 22.6 Å². The molecule has 0 saturated heterocycles. The number of halogens is 8. The molecule has 0 fully saturated rings. The van der Waals surface area contributed by atoms with E-state index in [9.17, 15) is 26.3 Å². The molecule has 0 aliphatic heterocycles. The maximum Gasteiger partial charge on any atom is 0.416 e. The first-order valence-corrected chi connectivity index (χ1v) is 8.90. The minimum absolute atomic E-state index is 0.255. The molecule has 3 rings (SSSR count). The molecule has 0 bridgehead atoms. The maximum absolute atomic E-state index is 12.7. The van der Waals surface area contributed by atoms with Gasteiger partial charge in [0.15, 0.2) is 0 Å². The number of hydrogen-bond acceptors (Lipinski definition) is 1. The molecule has 0 unspecified atom stereocenters. The molecule has 0 amide bonds. The SMILES string of the molecule is FC(F)(F)c1ccc(-c2oc(-c3ccc(C(F)(F)F)cc3)c(Br)c2Br)cc1. The molecular weight excluding hydrogens is 506 g/mol. The van der Waals surface area contributed by atoms with Crippen LogP contribution < -0.4 is 0 Å². The van der Waals surface area contributed by atoms with Crippen molar-refractivity contribution in [1.82, 2.24) is 0 Å². The van der Waals surface area contributed by atoms with E-state index in [-0.39, 0.29) is 11.5 Å². The summed E-state index contributed by atoms with van der Waals surface area (Å²) in [5.41, 5.74) is -0.825. The normalized spacial score (nSPS) is 12.4. The Morgan fingerprint density at radius 3 is 1.11 bits per heavy atom. The van der Waals surface area contributed by atoms with E-state index in [1.165, 1.54) is 24.3 Å². The second kappa shape index (κ2) is 7.01. The number of alkyl halides is 6. The summed E-state index contributed by atoms with van der Waals surface area (Å²) in [6.45, 7) is 0. The quantitative estimate of drug-likeness (QED) is 0.315. The summed E-state index contributed by atoms with van der Waals surface area (Å²) >= 11 is 6.59. The van der Waals surface area contributed by atoms with Crippen molar-refractivity contribution in [3.8, 4) is 22.6 Å². The number of hydrogen-bond donors (Lipinski definition) is 0. The van der Waals surface area contributed by atoms with Crippen molar-refractivity contribution in [2.75, 3.05) is 0 Å². The molecule has 0 aliphatic rings. The molecule has 0 N–H and O–H groups in total. The van der Waals surface area contributed by atoms with Gasteiger partial charge in [-0.2, -0.15) is 26.3 Å². The van der Waals surface area contributed by atoms with Crippen LogP contribution in [0.5, 0.6) is 0 Å². The van der Waals surface area contributed by atoms with Gasteiger partial charge in [-0.3, -0.25) is 0 Å². The average molecular weight is 514 g/mol. The zero-order valence-corrected chi connectivity index (χ0v) is 16.2. The lowest BCUT2D eigenvalue weighted by atomic mass is 10.1. The summed E-state index contributed by atoms with van der Waals surface area (Å²) < 4.78 is 82.7. The fourth-order valence-corrected chi connectivity index (χ4v) is 3.36. The van der Waals surface area contributed by atoms with Gasteiger partial charge in [-0.05, 0) is 56.1 Å². The molecule has 142 valence electrons. The molecule has 0 atom stereocenters. The van der Waals surface area contributed by atoms with Gasteiger partial charge in [0.05, 0.1) is 20.1 Å². The van der Waals surface area contributed by atoms with Gasteiger partial charge in [0, 0.05) is 11.1 Å². The van der Waals surface area contributed by atoms with Crippen molar-refractivity contribution in [3.05, 3.63) is 68.6 Å². The summed E-state index contributed by atoms with van der Waals surface area (Å²) in [4.78, 5) is 0. The molecule has 0 radical (unpaired) electrons. The molecule has 1 nitrogen and oxygen atoms in total. The molecule has 1 aromatic heterocycles. The van der Waals surface area contributed by atoms with Crippen LogP contribution >= 0.6 is 31.9 Å². The predicted molar refractivity (Wildman–Crippen MR) is 95.0 cm³/mol. The van der Waals surface area contributed by atoms with E-state index in [0.29, 0.717) is 20.1 Å². The number of furan rings is 1. The second-order valence-corrected chi connectivity index (χ2v) is 7.12. The van der Waals surface area contributed by atoms with Crippen molar-refractivity contribution >= 4 is 31.9 Å². The predicted octanol–water partition coefficient (Wildman–Crippen LogP) is 8.18. The zero-order valence-electron chi connectivity index (χ0n) is 13.1. The van der Waals surface area contributed by atoms with E-state index in [4.69, 9.17) is 4.42 Å². The minimum Gasteiger partial charge on any atom is -0.454 e. The van der Waals surface area contributed by atoms with Gasteiger partial charge < -0.3 is 4.42 Å². The Hall–Kier alpha value is -1.74. The zero-order chi connectivity index (χ0) is 20.0. The third-order valence-corrected chi connectivity index (χ3v) is 5.79. The van der Waals surface area contributed by atoms with E-state index in [2.05, 4.69) is 31.9 Å². The highest BCUT2D eigenvalue weighted by molar-refractivity contribution is 9.13. The van der Waals surface area contributed by atoms with E-state index in [1.807, 2.05) is 0 Å². The largest absolute Gasteiger partial charge is 0.454 e. The number of benzene rings is 2. The molecule has 2 aromatic carbocycles. The Bertz CT molecular complexity index is 876. The highest BCUT2D eigenvalue weighted by Gasteiger charge is 2.31. The Morgan fingerprint density at radius 1 is 0.556 bits per heavy atom. The van der Waals surface area contributed by atoms with Gasteiger partial charge in [-0.15, -0.1) is 0 Å². The van der Waals surface area contributed by atoms with Crippen molar-refractivity contribution in [3.63, 3.8) is 0 Å². The highest BCUT2D eigenvalue weighted by Crippen LogP contribution is 2.44. The lowest BCUT2D eigenvalue weighted by Gasteiger charge is -2.07. The fourth-order valence-electron chi connectivity index (χ4n) is 2.38. The second-order valence-electron chi connectivity index (χ2n) is 5.54. The van der Waals surface area contributed by atoms with Crippen molar-refractivity contribution in [2.24, 2.45) is 0 Å². The third kappa shape index (κ3) is 4.08. The van der Waals surface area contributed by atoms with Gasteiger partial charge in [0.1, 0.15) is 11.5 Å². The number of rotatable bonds is 2. The lowest BCUT2D eigenvalue weighted by Crippen LogP contribution is -2.03. The molecule has 9 heteroatoms. The maximum atomic E-state index is 12.7.